The van der Waals surface area contributed by atoms with Crippen LogP contribution >= 0.6 is 0 Å². The highest BCUT2D eigenvalue weighted by atomic mass is 16.5. The van der Waals surface area contributed by atoms with Crippen molar-refractivity contribution >= 4 is 5.97 Å². The first-order valence-electron chi connectivity index (χ1n) is 8.97. The van der Waals surface area contributed by atoms with Crippen LogP contribution in [0, 0.1) is 0 Å². The average molecular weight is 355 g/mol. The van der Waals surface area contributed by atoms with Crippen molar-refractivity contribution in [3.8, 4) is 5.75 Å². The molecule has 1 aromatic heterocycles. The lowest BCUT2D eigenvalue weighted by Gasteiger charge is -2.21. The summed E-state index contributed by atoms with van der Waals surface area (Å²) in [5.41, 5.74) is 2.34. The summed E-state index contributed by atoms with van der Waals surface area (Å²) in [5, 5.41) is 8.65. The van der Waals surface area contributed by atoms with Crippen molar-refractivity contribution in [3.05, 3.63) is 59.9 Å². The number of carboxylic acids is 1. The first-order chi connectivity index (χ1) is 12.7. The molecule has 0 aliphatic carbocycles. The van der Waals surface area contributed by atoms with Gasteiger partial charge in [0.05, 0.1) is 5.69 Å². The Hall–Kier alpha value is -2.44. The minimum atomic E-state index is -0.964. The number of carboxylic acid groups (broad SMARTS) is 1. The van der Waals surface area contributed by atoms with E-state index in [4.69, 9.17) is 9.84 Å². The summed E-state index contributed by atoms with van der Waals surface area (Å²) in [5.74, 6) is -0.373. The zero-order chi connectivity index (χ0) is 18.2. The van der Waals surface area contributed by atoms with Gasteiger partial charge in [0, 0.05) is 32.4 Å². The molecule has 0 bridgehead atoms. The molecule has 0 saturated carbocycles. The van der Waals surface area contributed by atoms with Crippen molar-refractivity contribution in [2.75, 3.05) is 32.8 Å². The standard InChI is InChI=1S/C20H25N3O3/c24-20(25)16-26-19-7-5-17(6-8-19)14-22-10-3-11-23(13-12-22)15-18-4-1-2-9-21-18/h1-2,4-9H,3,10-16H2,(H,24,25). The fraction of sp³-hybridized carbons (Fsp3) is 0.400. The lowest BCUT2D eigenvalue weighted by Crippen LogP contribution is -2.30. The van der Waals surface area contributed by atoms with Crippen molar-refractivity contribution in [1.82, 2.24) is 14.8 Å². The van der Waals surface area contributed by atoms with Gasteiger partial charge < -0.3 is 9.84 Å². The molecule has 0 unspecified atom stereocenters. The zero-order valence-corrected chi connectivity index (χ0v) is 14.9. The molecule has 1 saturated heterocycles. The minimum absolute atomic E-state index is 0.308. The van der Waals surface area contributed by atoms with Crippen LogP contribution in [0.15, 0.2) is 48.7 Å². The highest BCUT2D eigenvalue weighted by molar-refractivity contribution is 5.68. The van der Waals surface area contributed by atoms with Gasteiger partial charge in [-0.3, -0.25) is 14.8 Å². The summed E-state index contributed by atoms with van der Waals surface area (Å²) < 4.78 is 5.18. The molecule has 3 rings (SSSR count). The summed E-state index contributed by atoms with van der Waals surface area (Å²) in [6.07, 6.45) is 3.00. The van der Waals surface area contributed by atoms with E-state index >= 15 is 0 Å². The molecular weight excluding hydrogens is 330 g/mol. The van der Waals surface area contributed by atoms with Gasteiger partial charge in [-0.15, -0.1) is 0 Å². The Morgan fingerprint density at radius 1 is 1.00 bits per heavy atom. The third-order valence-corrected chi connectivity index (χ3v) is 4.48. The van der Waals surface area contributed by atoms with Crippen molar-refractivity contribution in [2.45, 2.75) is 19.5 Å². The molecule has 0 spiro atoms. The van der Waals surface area contributed by atoms with Gasteiger partial charge in [0.1, 0.15) is 5.75 Å². The summed E-state index contributed by atoms with van der Waals surface area (Å²) >= 11 is 0. The number of ether oxygens (including phenoxy) is 1. The third kappa shape index (κ3) is 5.82. The summed E-state index contributed by atoms with van der Waals surface area (Å²) in [6, 6.07) is 13.8. The molecule has 1 aromatic carbocycles. The zero-order valence-electron chi connectivity index (χ0n) is 14.9. The maximum absolute atomic E-state index is 10.5. The van der Waals surface area contributed by atoms with Gasteiger partial charge in [-0.1, -0.05) is 18.2 Å². The van der Waals surface area contributed by atoms with Crippen LogP contribution in [0.5, 0.6) is 5.75 Å². The van der Waals surface area contributed by atoms with Gasteiger partial charge in [-0.05, 0) is 49.3 Å². The first-order valence-corrected chi connectivity index (χ1v) is 8.97. The molecule has 0 atom stereocenters. The van der Waals surface area contributed by atoms with E-state index in [-0.39, 0.29) is 6.61 Å². The van der Waals surface area contributed by atoms with Gasteiger partial charge >= 0.3 is 5.97 Å². The van der Waals surface area contributed by atoms with E-state index in [0.29, 0.717) is 5.75 Å². The average Bonchev–Trinajstić information content (AvgIpc) is 2.87. The van der Waals surface area contributed by atoms with Crippen LogP contribution < -0.4 is 4.74 Å². The number of benzene rings is 1. The van der Waals surface area contributed by atoms with E-state index in [1.165, 1.54) is 5.56 Å². The van der Waals surface area contributed by atoms with Gasteiger partial charge in [-0.2, -0.15) is 0 Å². The monoisotopic (exact) mass is 355 g/mol. The van der Waals surface area contributed by atoms with Crippen LogP contribution in [0.3, 0.4) is 0 Å². The van der Waals surface area contributed by atoms with Crippen LogP contribution in [-0.4, -0.2) is 58.6 Å². The number of carbonyl (C=O) groups is 1. The van der Waals surface area contributed by atoms with Gasteiger partial charge in [0.25, 0.3) is 0 Å². The molecule has 1 aliphatic heterocycles. The summed E-state index contributed by atoms with van der Waals surface area (Å²) in [4.78, 5) is 19.9. The van der Waals surface area contributed by atoms with E-state index in [1.54, 1.807) is 0 Å². The second-order valence-corrected chi connectivity index (χ2v) is 6.55. The Morgan fingerprint density at radius 2 is 1.73 bits per heavy atom. The number of aliphatic carboxylic acids is 1. The Kier molecular flexibility index (Phi) is 6.57. The molecule has 0 radical (unpaired) electrons. The van der Waals surface area contributed by atoms with E-state index in [1.807, 2.05) is 42.6 Å². The van der Waals surface area contributed by atoms with Crippen molar-refractivity contribution in [1.29, 1.82) is 0 Å². The smallest absolute Gasteiger partial charge is 0.341 e. The predicted molar refractivity (Wildman–Crippen MR) is 99.0 cm³/mol. The fourth-order valence-corrected chi connectivity index (χ4v) is 3.16. The molecule has 26 heavy (non-hydrogen) atoms. The van der Waals surface area contributed by atoms with Crippen molar-refractivity contribution < 1.29 is 14.6 Å². The van der Waals surface area contributed by atoms with Crippen molar-refractivity contribution in [2.24, 2.45) is 0 Å². The number of aromatic nitrogens is 1. The lowest BCUT2D eigenvalue weighted by molar-refractivity contribution is -0.139. The summed E-state index contributed by atoms with van der Waals surface area (Å²) in [7, 11) is 0. The normalized spacial score (nSPS) is 16.2. The largest absolute Gasteiger partial charge is 0.482 e. The molecule has 138 valence electrons. The molecule has 2 aromatic rings. The number of rotatable bonds is 7. The third-order valence-electron chi connectivity index (χ3n) is 4.48. The topological polar surface area (TPSA) is 65.9 Å². The quantitative estimate of drug-likeness (QED) is 0.822. The first kappa shape index (κ1) is 18.4. The molecule has 1 N–H and O–H groups in total. The minimum Gasteiger partial charge on any atom is -0.482 e. The Balaban J connectivity index is 1.47. The molecule has 1 aliphatic rings. The van der Waals surface area contributed by atoms with Gasteiger partial charge in [0.15, 0.2) is 6.61 Å². The molecule has 2 heterocycles. The van der Waals surface area contributed by atoms with E-state index in [0.717, 1.165) is 51.4 Å². The van der Waals surface area contributed by atoms with E-state index in [9.17, 15) is 4.79 Å². The van der Waals surface area contributed by atoms with Crippen LogP contribution in [0.25, 0.3) is 0 Å². The second-order valence-electron chi connectivity index (χ2n) is 6.55. The Bertz CT molecular complexity index is 691. The molecule has 6 heteroatoms. The van der Waals surface area contributed by atoms with E-state index < -0.39 is 5.97 Å². The maximum atomic E-state index is 10.5. The van der Waals surface area contributed by atoms with Crippen LogP contribution in [-0.2, 0) is 17.9 Å². The fourth-order valence-electron chi connectivity index (χ4n) is 3.16. The predicted octanol–water partition coefficient (Wildman–Crippen LogP) is 2.25. The number of pyridine rings is 1. The maximum Gasteiger partial charge on any atom is 0.341 e. The Morgan fingerprint density at radius 3 is 2.38 bits per heavy atom. The van der Waals surface area contributed by atoms with Crippen LogP contribution in [0.4, 0.5) is 0 Å². The highest BCUT2D eigenvalue weighted by Crippen LogP contribution is 2.15. The highest BCUT2D eigenvalue weighted by Gasteiger charge is 2.15. The van der Waals surface area contributed by atoms with Crippen LogP contribution in [0.1, 0.15) is 17.7 Å². The number of hydrogen-bond donors (Lipinski definition) is 1. The number of nitrogens with zero attached hydrogens (tertiary/aromatic N) is 3. The van der Waals surface area contributed by atoms with Crippen LogP contribution in [0.2, 0.25) is 0 Å². The van der Waals surface area contributed by atoms with Crippen molar-refractivity contribution in [3.63, 3.8) is 0 Å². The number of hydrogen-bond acceptors (Lipinski definition) is 5. The summed E-state index contributed by atoms with van der Waals surface area (Å²) in [6.45, 7) is 5.74. The van der Waals surface area contributed by atoms with Gasteiger partial charge in [-0.25, -0.2) is 4.79 Å². The Labute approximate surface area is 154 Å². The van der Waals surface area contributed by atoms with Gasteiger partial charge in [0.2, 0.25) is 0 Å². The molecule has 1 fully saturated rings. The molecule has 6 nitrogen and oxygen atoms in total. The SMILES string of the molecule is O=C(O)COc1ccc(CN2CCCN(Cc3ccccn3)CC2)cc1. The lowest BCUT2D eigenvalue weighted by atomic mass is 10.2. The van der Waals surface area contributed by atoms with E-state index in [2.05, 4.69) is 20.9 Å². The molecule has 0 amide bonds. The second kappa shape index (κ2) is 9.31. The molecular formula is C20H25N3O3.